The highest BCUT2D eigenvalue weighted by Crippen LogP contribution is 2.55. The lowest BCUT2D eigenvalue weighted by molar-refractivity contribution is -0.160. The second kappa shape index (κ2) is 14.9. The van der Waals surface area contributed by atoms with Crippen LogP contribution in [0, 0.1) is 0 Å². The summed E-state index contributed by atoms with van der Waals surface area (Å²) in [5.74, 6) is 0.728. The minimum Gasteiger partial charge on any atom is -0.410 e. The molecule has 2 unspecified atom stereocenters. The van der Waals surface area contributed by atoms with Crippen LogP contribution in [0.25, 0.3) is 6.08 Å². The van der Waals surface area contributed by atoms with E-state index < -0.39 is 26.0 Å². The predicted octanol–water partition coefficient (Wildman–Crippen LogP) is 6.92. The quantitative estimate of drug-likeness (QED) is 0.0883. The molecule has 9 nitrogen and oxygen atoms in total. The number of amides is 3. The Kier molecular flexibility index (Phi) is 11.0. The Balaban J connectivity index is 1.50. The lowest BCUT2D eigenvalue weighted by Gasteiger charge is -2.62. The molecule has 4 rings (SSSR count). The summed E-state index contributed by atoms with van der Waals surface area (Å²) in [6.07, 6.45) is 3.80. The zero-order chi connectivity index (χ0) is 32.5. The van der Waals surface area contributed by atoms with Crippen molar-refractivity contribution < 1.29 is 23.9 Å². The van der Waals surface area contributed by atoms with Gasteiger partial charge in [-0.25, -0.2) is 9.59 Å². The number of nitrogens with zero attached hydrogens (tertiary/aromatic N) is 2. The number of ether oxygens (including phenoxy) is 2. The molecule has 2 N–H and O–H groups in total. The number of benzene rings is 3. The van der Waals surface area contributed by atoms with Gasteiger partial charge in [-0.2, -0.15) is 0 Å². The van der Waals surface area contributed by atoms with Crippen molar-refractivity contribution >= 4 is 38.9 Å². The molecule has 3 aromatic carbocycles. The minimum atomic E-state index is -1.10. The van der Waals surface area contributed by atoms with E-state index in [1.165, 1.54) is 0 Å². The second-order valence-corrected chi connectivity index (χ2v) is 14.9. The summed E-state index contributed by atoms with van der Waals surface area (Å²) in [4.78, 5) is 45.7. The van der Waals surface area contributed by atoms with E-state index in [4.69, 9.17) is 9.47 Å². The fourth-order valence-corrected chi connectivity index (χ4v) is 7.51. The summed E-state index contributed by atoms with van der Waals surface area (Å²) in [5.41, 5.74) is 0.748. The minimum absolute atomic E-state index is 0.0597. The van der Waals surface area contributed by atoms with Crippen LogP contribution in [-0.4, -0.2) is 55.9 Å². The molecule has 0 spiro atoms. The first-order chi connectivity index (χ1) is 21.5. The van der Waals surface area contributed by atoms with Crippen LogP contribution in [-0.2, 0) is 4.79 Å². The van der Waals surface area contributed by atoms with Gasteiger partial charge < -0.3 is 14.4 Å². The van der Waals surface area contributed by atoms with Crippen molar-refractivity contribution in [1.29, 1.82) is 0 Å². The Morgan fingerprint density at radius 3 is 1.82 bits per heavy atom. The molecule has 1 aliphatic heterocycles. The standard InChI is InChI=1S/C35H41N4O5Si/c1-34(2,3)39-29(23-22-26-16-9-6-10-17-26)35(30(39)40,45(4)5)24-15-25-36-31(37-32(41)43-27-18-11-7-12-19-27)38-33(42)44-28-20-13-8-14-21-28/h6-14,16-23,29H,15,24-25H2,1-5H3,(H2,36,37,38,41,42). The smallest absolute Gasteiger partial charge is 0.410 e. The van der Waals surface area contributed by atoms with E-state index in [2.05, 4.69) is 61.6 Å². The Labute approximate surface area is 266 Å². The molecule has 1 saturated heterocycles. The number of β-lactam (4-membered cyclic amide) rings is 1. The maximum atomic E-state index is 13.9. The highest BCUT2D eigenvalue weighted by Gasteiger charge is 2.63. The molecule has 235 valence electrons. The van der Waals surface area contributed by atoms with E-state index in [1.807, 2.05) is 35.2 Å². The zero-order valence-electron chi connectivity index (χ0n) is 26.4. The largest absolute Gasteiger partial charge is 0.419 e. The first-order valence-corrected chi connectivity index (χ1v) is 17.5. The molecule has 0 saturated carbocycles. The number of guanidine groups is 1. The van der Waals surface area contributed by atoms with Crippen molar-refractivity contribution in [3.8, 4) is 11.5 Å². The van der Waals surface area contributed by atoms with Crippen LogP contribution in [0.2, 0.25) is 18.1 Å². The fraction of sp³-hybridized carbons (Fsp3) is 0.314. The number of aliphatic imine (C=N–C) groups is 1. The number of nitrogens with one attached hydrogen (secondary N) is 2. The number of likely N-dealkylation sites (tertiary alicyclic amines) is 1. The normalized spacial score (nSPS) is 17.9. The maximum Gasteiger partial charge on any atom is 0.419 e. The molecule has 10 heteroatoms. The van der Waals surface area contributed by atoms with Gasteiger partial charge in [0.2, 0.25) is 11.9 Å². The van der Waals surface area contributed by atoms with Crippen molar-refractivity contribution in [2.75, 3.05) is 6.54 Å². The van der Waals surface area contributed by atoms with Gasteiger partial charge in [-0.05, 0) is 63.4 Å². The van der Waals surface area contributed by atoms with Gasteiger partial charge in [0.15, 0.2) is 0 Å². The molecule has 1 heterocycles. The van der Waals surface area contributed by atoms with Crippen molar-refractivity contribution in [1.82, 2.24) is 15.5 Å². The highest BCUT2D eigenvalue weighted by atomic mass is 28.3. The van der Waals surface area contributed by atoms with E-state index in [0.29, 0.717) is 24.3 Å². The van der Waals surface area contributed by atoms with Gasteiger partial charge in [0.05, 0.1) is 19.9 Å². The Morgan fingerprint density at radius 2 is 1.36 bits per heavy atom. The second-order valence-electron chi connectivity index (χ2n) is 12.0. The highest BCUT2D eigenvalue weighted by molar-refractivity contribution is 6.65. The van der Waals surface area contributed by atoms with Crippen molar-refractivity contribution in [3.63, 3.8) is 0 Å². The van der Waals surface area contributed by atoms with E-state index in [0.717, 1.165) is 5.56 Å². The van der Waals surface area contributed by atoms with E-state index in [-0.39, 0.29) is 30.0 Å². The summed E-state index contributed by atoms with van der Waals surface area (Å²) in [7, 11) is -1.10. The predicted molar refractivity (Wildman–Crippen MR) is 179 cm³/mol. The molecule has 3 amide bonds. The van der Waals surface area contributed by atoms with Crippen molar-refractivity contribution in [2.24, 2.45) is 4.99 Å². The summed E-state index contributed by atoms with van der Waals surface area (Å²) < 4.78 is 10.6. The van der Waals surface area contributed by atoms with E-state index in [9.17, 15) is 14.4 Å². The molecular weight excluding hydrogens is 584 g/mol. The molecule has 45 heavy (non-hydrogen) atoms. The third kappa shape index (κ3) is 8.48. The number of para-hydroxylation sites is 2. The summed E-state index contributed by atoms with van der Waals surface area (Å²) in [6, 6.07) is 27.1. The van der Waals surface area contributed by atoms with Crippen LogP contribution in [0.3, 0.4) is 0 Å². The summed E-state index contributed by atoms with van der Waals surface area (Å²) in [6.45, 7) is 10.8. The monoisotopic (exact) mass is 625 g/mol. The molecule has 0 bridgehead atoms. The van der Waals surface area contributed by atoms with Crippen LogP contribution in [0.4, 0.5) is 9.59 Å². The van der Waals surface area contributed by atoms with Crippen LogP contribution >= 0.6 is 0 Å². The number of hydrogen-bond acceptors (Lipinski definition) is 6. The van der Waals surface area contributed by atoms with Gasteiger partial charge in [-0.15, -0.1) is 0 Å². The van der Waals surface area contributed by atoms with Crippen LogP contribution in [0.5, 0.6) is 11.5 Å². The maximum absolute atomic E-state index is 13.9. The van der Waals surface area contributed by atoms with Gasteiger partial charge in [-0.3, -0.25) is 20.4 Å². The van der Waals surface area contributed by atoms with Gasteiger partial charge in [-0.1, -0.05) is 92.0 Å². The molecule has 1 radical (unpaired) electrons. The van der Waals surface area contributed by atoms with Crippen molar-refractivity contribution in [3.05, 3.63) is 103 Å². The molecule has 0 aliphatic carbocycles. The average Bonchev–Trinajstić information content (AvgIpc) is 2.99. The molecule has 1 aliphatic rings. The van der Waals surface area contributed by atoms with E-state index >= 15 is 0 Å². The fourth-order valence-electron chi connectivity index (χ4n) is 5.47. The zero-order valence-corrected chi connectivity index (χ0v) is 27.4. The molecule has 0 aromatic heterocycles. The van der Waals surface area contributed by atoms with E-state index in [1.54, 1.807) is 60.7 Å². The summed E-state index contributed by atoms with van der Waals surface area (Å²) >= 11 is 0. The topological polar surface area (TPSA) is 109 Å². The van der Waals surface area contributed by atoms with Crippen molar-refractivity contribution in [2.45, 2.75) is 63.3 Å². The van der Waals surface area contributed by atoms with Gasteiger partial charge in [0, 0.05) is 12.1 Å². The van der Waals surface area contributed by atoms with Gasteiger partial charge >= 0.3 is 12.2 Å². The average molecular weight is 626 g/mol. The number of carbonyl (C=O) groups excluding carboxylic acids is 3. The number of carbonyl (C=O) groups is 3. The summed E-state index contributed by atoms with van der Waals surface area (Å²) in [5, 5.41) is 4.51. The Hall–Kier alpha value is -4.70. The van der Waals surface area contributed by atoms with Gasteiger partial charge in [0.1, 0.15) is 11.5 Å². The first kappa shape index (κ1) is 33.2. The lowest BCUT2D eigenvalue weighted by atomic mass is 9.78. The number of hydrogen-bond donors (Lipinski definition) is 2. The SMILES string of the molecule is C[Si](C)C1(CCCN=C(NC(=O)Oc2ccccc2)NC(=O)Oc2ccccc2)C(=O)N(C(C)(C)C)C1C=Cc1ccccc1. The third-order valence-corrected chi connectivity index (χ3v) is 10.2. The molecule has 3 aromatic rings. The third-order valence-electron chi connectivity index (χ3n) is 7.62. The lowest BCUT2D eigenvalue weighted by Crippen LogP contribution is -2.72. The number of rotatable bonds is 9. The molecule has 1 fully saturated rings. The van der Waals surface area contributed by atoms with Gasteiger partial charge in [0.25, 0.3) is 0 Å². The van der Waals surface area contributed by atoms with Crippen LogP contribution in [0.15, 0.2) is 102 Å². The van der Waals surface area contributed by atoms with Crippen LogP contribution in [0.1, 0.15) is 39.2 Å². The molecular formula is C35H41N4O5Si. The first-order valence-electron chi connectivity index (χ1n) is 15.0. The van der Waals surface area contributed by atoms with Crippen LogP contribution < -0.4 is 20.1 Å². The Bertz CT molecular complexity index is 1450. The Morgan fingerprint density at radius 1 is 0.867 bits per heavy atom. The molecule has 2 atom stereocenters.